The summed E-state index contributed by atoms with van der Waals surface area (Å²) < 4.78 is 0. The van der Waals surface area contributed by atoms with E-state index in [-0.39, 0.29) is 12.1 Å². The SMILES string of the molecule is CC#CCOOOO.C[C@@]12N[C@@H](Cc3ccccc31)c1ccccc12. The molecule has 0 spiro atoms. The van der Waals surface area contributed by atoms with Gasteiger partial charge in [-0.15, -0.1) is 5.92 Å². The summed E-state index contributed by atoms with van der Waals surface area (Å²) in [5, 5.41) is 17.9. The highest BCUT2D eigenvalue weighted by Gasteiger charge is 2.45. The third kappa shape index (κ3) is 3.45. The standard InChI is InChI=1S/C16H15N.C4H6O4/c1-16-13-8-4-2-6-11(13)10-15(17-16)12-7-3-5-9-14(12)16;1-2-3-4-6-8-7-5/h2-9,15,17H,10H2,1H3;5H,4H2,1H3/t15-,16+;/m0./s1. The fraction of sp³-hybridized carbons (Fsp3) is 0.300. The van der Waals surface area contributed by atoms with Gasteiger partial charge >= 0.3 is 0 Å². The van der Waals surface area contributed by atoms with Crippen LogP contribution in [-0.2, 0) is 26.9 Å². The van der Waals surface area contributed by atoms with Crippen molar-refractivity contribution in [2.45, 2.75) is 31.8 Å². The minimum atomic E-state index is 0.0100. The lowest BCUT2D eigenvalue weighted by atomic mass is 9.82. The topological polar surface area (TPSA) is 60.0 Å². The molecule has 2 aliphatic rings. The Bertz CT molecular complexity index is 783. The van der Waals surface area contributed by atoms with Gasteiger partial charge in [-0.25, -0.2) is 5.26 Å². The molecule has 2 aromatic rings. The third-order valence-corrected chi connectivity index (χ3v) is 4.70. The molecule has 5 nitrogen and oxygen atoms in total. The zero-order valence-corrected chi connectivity index (χ0v) is 14.3. The van der Waals surface area contributed by atoms with E-state index in [1.165, 1.54) is 22.3 Å². The Morgan fingerprint density at radius 2 is 1.88 bits per heavy atom. The number of hydrogen-bond donors (Lipinski definition) is 2. The maximum atomic E-state index is 7.47. The molecule has 0 saturated carbocycles. The molecule has 2 heterocycles. The molecule has 25 heavy (non-hydrogen) atoms. The molecule has 0 saturated heterocycles. The molecule has 2 atom stereocenters. The van der Waals surface area contributed by atoms with E-state index in [2.05, 4.69) is 87.6 Å². The molecule has 2 bridgehead atoms. The summed E-state index contributed by atoms with van der Waals surface area (Å²) in [5.74, 6) is 5.03. The zero-order chi connectivity index (χ0) is 17.7. The highest BCUT2D eigenvalue weighted by Crippen LogP contribution is 2.47. The average molecular weight is 339 g/mol. The molecule has 5 heteroatoms. The second kappa shape index (κ2) is 7.79. The largest absolute Gasteiger partial charge is 0.297 e. The molecular formula is C20H21NO4. The van der Waals surface area contributed by atoms with E-state index in [0.29, 0.717) is 6.04 Å². The fourth-order valence-electron chi connectivity index (χ4n) is 3.70. The van der Waals surface area contributed by atoms with Crippen molar-refractivity contribution in [3.8, 4) is 11.8 Å². The first-order chi connectivity index (χ1) is 12.2. The van der Waals surface area contributed by atoms with E-state index >= 15 is 0 Å². The van der Waals surface area contributed by atoms with Gasteiger partial charge in [0.1, 0.15) is 6.61 Å². The van der Waals surface area contributed by atoms with E-state index in [1.807, 2.05) is 0 Å². The summed E-state index contributed by atoms with van der Waals surface area (Å²) in [6, 6.07) is 18.2. The number of rotatable bonds is 3. The lowest BCUT2D eigenvalue weighted by molar-refractivity contribution is -0.620. The van der Waals surface area contributed by atoms with Gasteiger partial charge in [0.05, 0.1) is 5.54 Å². The number of nitrogens with one attached hydrogen (secondary N) is 1. The number of fused-ring (bicyclic) bond motifs is 7. The van der Waals surface area contributed by atoms with Crippen LogP contribution in [0.2, 0.25) is 0 Å². The summed E-state index contributed by atoms with van der Waals surface area (Å²) in [6.45, 7) is 4.05. The summed E-state index contributed by atoms with van der Waals surface area (Å²) in [5.41, 5.74) is 5.88. The second-order valence-corrected chi connectivity index (χ2v) is 6.10. The van der Waals surface area contributed by atoms with Crippen molar-refractivity contribution in [1.82, 2.24) is 5.32 Å². The van der Waals surface area contributed by atoms with Crippen molar-refractivity contribution < 1.29 is 20.2 Å². The monoisotopic (exact) mass is 339 g/mol. The summed E-state index contributed by atoms with van der Waals surface area (Å²) in [4.78, 5) is 4.08. The predicted octanol–water partition coefficient (Wildman–Crippen LogP) is 3.51. The van der Waals surface area contributed by atoms with Gasteiger partial charge in [-0.3, -0.25) is 5.32 Å². The van der Waals surface area contributed by atoms with E-state index in [1.54, 1.807) is 6.92 Å². The molecule has 2 aliphatic heterocycles. The summed E-state index contributed by atoms with van der Waals surface area (Å²) in [6.07, 6.45) is 1.11. The summed E-state index contributed by atoms with van der Waals surface area (Å²) in [7, 11) is 0. The molecule has 0 fully saturated rings. The van der Waals surface area contributed by atoms with Crippen LogP contribution in [0.5, 0.6) is 0 Å². The van der Waals surface area contributed by atoms with Gasteiger partial charge in [-0.2, -0.15) is 4.89 Å². The molecule has 2 aromatic carbocycles. The van der Waals surface area contributed by atoms with Crippen LogP contribution in [0, 0.1) is 11.8 Å². The lowest BCUT2D eigenvalue weighted by Gasteiger charge is -2.34. The Morgan fingerprint density at radius 1 is 1.16 bits per heavy atom. The first-order valence-electron chi connectivity index (χ1n) is 8.15. The second-order valence-electron chi connectivity index (χ2n) is 6.10. The van der Waals surface area contributed by atoms with E-state index < -0.39 is 0 Å². The van der Waals surface area contributed by atoms with Crippen LogP contribution >= 0.6 is 0 Å². The Labute approximate surface area is 147 Å². The number of hydrogen-bond acceptors (Lipinski definition) is 5. The van der Waals surface area contributed by atoms with E-state index in [4.69, 9.17) is 5.26 Å². The normalized spacial score (nSPS) is 22.0. The molecule has 130 valence electrons. The highest BCUT2D eigenvalue weighted by atomic mass is 17.6. The fourth-order valence-corrected chi connectivity index (χ4v) is 3.70. The smallest absolute Gasteiger partial charge is 0.146 e. The molecule has 0 unspecified atom stereocenters. The molecule has 0 aliphatic carbocycles. The van der Waals surface area contributed by atoms with Crippen LogP contribution in [-0.4, -0.2) is 11.9 Å². The average Bonchev–Trinajstić information content (AvgIpc) is 2.88. The Morgan fingerprint density at radius 3 is 2.64 bits per heavy atom. The summed E-state index contributed by atoms with van der Waals surface area (Å²) >= 11 is 0. The highest BCUT2D eigenvalue weighted by molar-refractivity contribution is 5.54. The Balaban J connectivity index is 0.000000197. The Hall–Kier alpha value is -2.20. The van der Waals surface area contributed by atoms with Gasteiger partial charge in [0, 0.05) is 6.04 Å². The van der Waals surface area contributed by atoms with Gasteiger partial charge in [-0.05, 0) is 52.6 Å². The van der Waals surface area contributed by atoms with Crippen LogP contribution in [0.4, 0.5) is 0 Å². The van der Waals surface area contributed by atoms with Crippen LogP contribution in [0.15, 0.2) is 48.5 Å². The van der Waals surface area contributed by atoms with Crippen LogP contribution in [0.3, 0.4) is 0 Å². The third-order valence-electron chi connectivity index (χ3n) is 4.70. The zero-order valence-electron chi connectivity index (χ0n) is 14.3. The molecule has 2 N–H and O–H groups in total. The lowest BCUT2D eigenvalue weighted by Crippen LogP contribution is -2.41. The van der Waals surface area contributed by atoms with E-state index in [0.717, 1.165) is 6.42 Å². The molecular weight excluding hydrogens is 318 g/mol. The van der Waals surface area contributed by atoms with Crippen LogP contribution < -0.4 is 5.32 Å². The Kier molecular flexibility index (Phi) is 5.49. The molecule has 0 radical (unpaired) electrons. The van der Waals surface area contributed by atoms with Crippen molar-refractivity contribution in [3.63, 3.8) is 0 Å². The van der Waals surface area contributed by atoms with E-state index in [9.17, 15) is 0 Å². The van der Waals surface area contributed by atoms with Crippen molar-refractivity contribution in [2.24, 2.45) is 0 Å². The molecule has 0 aromatic heterocycles. The minimum Gasteiger partial charge on any atom is -0.297 e. The van der Waals surface area contributed by atoms with Gasteiger partial charge < -0.3 is 0 Å². The maximum Gasteiger partial charge on any atom is 0.146 e. The van der Waals surface area contributed by atoms with Gasteiger partial charge in [-0.1, -0.05) is 54.5 Å². The van der Waals surface area contributed by atoms with Crippen LogP contribution in [0.1, 0.15) is 42.1 Å². The van der Waals surface area contributed by atoms with Gasteiger partial charge in [0.25, 0.3) is 0 Å². The predicted molar refractivity (Wildman–Crippen MR) is 93.1 cm³/mol. The number of benzene rings is 2. The van der Waals surface area contributed by atoms with Crippen LogP contribution in [0.25, 0.3) is 0 Å². The van der Waals surface area contributed by atoms with Crippen molar-refractivity contribution >= 4 is 0 Å². The molecule has 4 rings (SSSR count). The first-order valence-corrected chi connectivity index (χ1v) is 8.15. The van der Waals surface area contributed by atoms with Crippen molar-refractivity contribution in [3.05, 3.63) is 70.8 Å². The van der Waals surface area contributed by atoms with Gasteiger partial charge in [0.2, 0.25) is 0 Å². The minimum absolute atomic E-state index is 0.0100. The molecule has 0 amide bonds. The first kappa shape index (κ1) is 17.6. The van der Waals surface area contributed by atoms with Crippen molar-refractivity contribution in [2.75, 3.05) is 6.61 Å². The van der Waals surface area contributed by atoms with Gasteiger partial charge in [0.15, 0.2) is 0 Å². The quantitative estimate of drug-likeness (QED) is 0.388. The maximum absolute atomic E-state index is 7.47. The van der Waals surface area contributed by atoms with Crippen molar-refractivity contribution in [1.29, 1.82) is 0 Å².